The minimum Gasteiger partial charge on any atom is -0.497 e. The van der Waals surface area contributed by atoms with Crippen molar-refractivity contribution in [3.05, 3.63) is 29.8 Å². The molecule has 1 rings (SSSR count). The lowest BCUT2D eigenvalue weighted by Gasteiger charge is -2.25. The first kappa shape index (κ1) is 16.2. The van der Waals surface area contributed by atoms with Crippen LogP contribution in [0.25, 0.3) is 0 Å². The summed E-state index contributed by atoms with van der Waals surface area (Å²) in [7, 11) is 1.55. The molecule has 0 heterocycles. The summed E-state index contributed by atoms with van der Waals surface area (Å²) < 4.78 is 5.03. The van der Waals surface area contributed by atoms with Crippen LogP contribution in [0.5, 0.6) is 5.75 Å². The van der Waals surface area contributed by atoms with Crippen molar-refractivity contribution in [1.29, 1.82) is 0 Å². The Labute approximate surface area is 119 Å². The highest BCUT2D eigenvalue weighted by Gasteiger charge is 2.26. The molecule has 0 aliphatic carbocycles. The smallest absolute Gasteiger partial charge is 0.321 e. The molecule has 5 heteroatoms. The number of hydrogen-bond donors (Lipinski definition) is 1. The maximum absolute atomic E-state index is 12.2. The Hall–Kier alpha value is -1.88. The van der Waals surface area contributed by atoms with Crippen LogP contribution in [0.4, 0.5) is 0 Å². The number of nitrogens with zero attached hydrogens (tertiary/aromatic N) is 1. The Bertz CT molecular complexity index is 451. The lowest BCUT2D eigenvalue weighted by molar-refractivity contribution is -0.143. The molecule has 0 spiro atoms. The van der Waals surface area contributed by atoms with Crippen molar-refractivity contribution in [2.45, 2.75) is 26.3 Å². The highest BCUT2D eigenvalue weighted by Crippen LogP contribution is 2.15. The van der Waals surface area contributed by atoms with Gasteiger partial charge in [-0.2, -0.15) is 0 Å². The number of benzene rings is 1. The lowest BCUT2D eigenvalue weighted by Crippen LogP contribution is -2.42. The van der Waals surface area contributed by atoms with E-state index in [-0.39, 0.29) is 12.2 Å². The van der Waals surface area contributed by atoms with Crippen molar-refractivity contribution in [3.8, 4) is 5.75 Å². The molecule has 0 bridgehead atoms. The minimum atomic E-state index is -0.962. The first-order valence-corrected chi connectivity index (χ1v) is 6.67. The summed E-state index contributed by atoms with van der Waals surface area (Å²) >= 11 is 0. The number of rotatable bonds is 8. The van der Waals surface area contributed by atoms with Gasteiger partial charge in [-0.15, -0.1) is 0 Å². The molecule has 1 aromatic carbocycles. The molecule has 1 atom stereocenters. The molecule has 0 aliphatic rings. The minimum absolute atomic E-state index is 0.0245. The average molecular weight is 279 g/mol. The van der Waals surface area contributed by atoms with Crippen LogP contribution in [-0.4, -0.2) is 48.0 Å². The maximum Gasteiger partial charge on any atom is 0.321 e. The van der Waals surface area contributed by atoms with Crippen LogP contribution in [0.1, 0.15) is 30.6 Å². The molecule has 0 radical (unpaired) electrons. The molecule has 5 nitrogen and oxygen atoms in total. The van der Waals surface area contributed by atoms with E-state index >= 15 is 0 Å². The topological polar surface area (TPSA) is 66.8 Å². The summed E-state index contributed by atoms with van der Waals surface area (Å²) in [5.74, 6) is -0.470. The van der Waals surface area contributed by atoms with E-state index < -0.39 is 12.0 Å². The average Bonchev–Trinajstić information content (AvgIpc) is 2.47. The van der Waals surface area contributed by atoms with E-state index in [1.165, 1.54) is 0 Å². The quantitative estimate of drug-likeness (QED) is 0.738. The van der Waals surface area contributed by atoms with Crippen LogP contribution < -0.4 is 4.74 Å². The molecule has 0 fully saturated rings. The number of Topliss-reactive ketones (excluding diaryl/α,β-unsaturated/α-hetero) is 1. The summed E-state index contributed by atoms with van der Waals surface area (Å²) in [4.78, 5) is 25.2. The molecule has 20 heavy (non-hydrogen) atoms. The van der Waals surface area contributed by atoms with Gasteiger partial charge in [0, 0.05) is 12.0 Å². The van der Waals surface area contributed by atoms with Gasteiger partial charge in [0.15, 0.2) is 5.78 Å². The summed E-state index contributed by atoms with van der Waals surface area (Å²) in [5, 5.41) is 9.27. The fourth-order valence-electron chi connectivity index (χ4n) is 2.11. The van der Waals surface area contributed by atoms with E-state index in [0.29, 0.717) is 24.4 Å². The van der Waals surface area contributed by atoms with Gasteiger partial charge < -0.3 is 9.84 Å². The van der Waals surface area contributed by atoms with Crippen molar-refractivity contribution in [3.63, 3.8) is 0 Å². The van der Waals surface area contributed by atoms with E-state index in [0.717, 1.165) is 0 Å². The lowest BCUT2D eigenvalue weighted by atomic mass is 10.0. The van der Waals surface area contributed by atoms with Gasteiger partial charge in [-0.25, -0.2) is 0 Å². The van der Waals surface area contributed by atoms with Gasteiger partial charge in [-0.1, -0.05) is 13.8 Å². The molecule has 0 aromatic heterocycles. The molecular formula is C15H21NO4. The van der Waals surface area contributed by atoms with E-state index in [2.05, 4.69) is 0 Å². The molecule has 0 aliphatic heterocycles. The van der Waals surface area contributed by atoms with Crippen LogP contribution in [0, 0.1) is 0 Å². The number of hydrogen-bond acceptors (Lipinski definition) is 4. The number of carboxylic acid groups (broad SMARTS) is 1. The van der Waals surface area contributed by atoms with Gasteiger partial charge in [-0.3, -0.25) is 14.5 Å². The van der Waals surface area contributed by atoms with Crippen molar-refractivity contribution >= 4 is 11.8 Å². The van der Waals surface area contributed by atoms with Gasteiger partial charge >= 0.3 is 5.97 Å². The highest BCUT2D eigenvalue weighted by molar-refractivity contribution is 5.98. The van der Waals surface area contributed by atoms with Gasteiger partial charge in [0.25, 0.3) is 0 Å². The molecule has 1 aromatic rings. The Balaban J connectivity index is 2.82. The summed E-state index contributed by atoms with van der Waals surface area (Å²) in [6.07, 6.45) is -0.0245. The second-order valence-corrected chi connectivity index (χ2v) is 4.43. The third-order valence-electron chi connectivity index (χ3n) is 3.33. The zero-order valence-corrected chi connectivity index (χ0v) is 12.1. The SMILES string of the molecule is CCN(CC)C(CC(=O)c1ccc(OC)cc1)C(=O)O. The van der Waals surface area contributed by atoms with E-state index in [9.17, 15) is 14.7 Å². The standard InChI is InChI=1S/C15H21NO4/c1-4-16(5-2)13(15(18)19)10-14(17)11-6-8-12(20-3)9-7-11/h6-9,13H,4-5,10H2,1-3H3,(H,18,19). The normalized spacial score (nSPS) is 12.2. The molecule has 1 unspecified atom stereocenters. The number of likely N-dealkylation sites (N-methyl/N-ethyl adjacent to an activating group) is 1. The largest absolute Gasteiger partial charge is 0.497 e. The number of carboxylic acids is 1. The monoisotopic (exact) mass is 279 g/mol. The maximum atomic E-state index is 12.2. The predicted molar refractivity (Wildman–Crippen MR) is 76.3 cm³/mol. The van der Waals surface area contributed by atoms with Crippen LogP contribution in [0.3, 0.4) is 0 Å². The van der Waals surface area contributed by atoms with E-state index in [1.54, 1.807) is 36.3 Å². The molecule has 1 N–H and O–H groups in total. The van der Waals surface area contributed by atoms with Crippen molar-refractivity contribution in [2.75, 3.05) is 20.2 Å². The Morgan fingerprint density at radius 2 is 1.75 bits per heavy atom. The second-order valence-electron chi connectivity index (χ2n) is 4.43. The first-order valence-electron chi connectivity index (χ1n) is 6.67. The number of ether oxygens (including phenoxy) is 1. The highest BCUT2D eigenvalue weighted by atomic mass is 16.5. The number of carbonyl (C=O) groups is 2. The van der Waals surface area contributed by atoms with Crippen molar-refractivity contribution in [2.24, 2.45) is 0 Å². The van der Waals surface area contributed by atoms with Crippen molar-refractivity contribution < 1.29 is 19.4 Å². The zero-order valence-electron chi connectivity index (χ0n) is 12.1. The molecular weight excluding hydrogens is 258 g/mol. The fraction of sp³-hybridized carbons (Fsp3) is 0.467. The van der Waals surface area contributed by atoms with Crippen LogP contribution in [-0.2, 0) is 4.79 Å². The third kappa shape index (κ3) is 4.06. The van der Waals surface area contributed by atoms with Crippen LogP contribution in [0.2, 0.25) is 0 Å². The Kier molecular flexibility index (Phi) is 6.18. The second kappa shape index (κ2) is 7.65. The van der Waals surface area contributed by atoms with Crippen molar-refractivity contribution in [1.82, 2.24) is 4.90 Å². The van der Waals surface area contributed by atoms with E-state index in [1.807, 2.05) is 13.8 Å². The number of aliphatic carboxylic acids is 1. The van der Waals surface area contributed by atoms with Gasteiger partial charge in [0.05, 0.1) is 7.11 Å². The molecule has 0 saturated carbocycles. The zero-order chi connectivity index (χ0) is 15.1. The van der Waals surface area contributed by atoms with Gasteiger partial charge in [0.1, 0.15) is 11.8 Å². The number of ketones is 1. The Morgan fingerprint density at radius 3 is 2.15 bits per heavy atom. The number of methoxy groups -OCH3 is 1. The summed E-state index contributed by atoms with van der Waals surface area (Å²) in [6.45, 7) is 4.97. The first-order chi connectivity index (χ1) is 9.53. The summed E-state index contributed by atoms with van der Waals surface area (Å²) in [5.41, 5.74) is 0.504. The molecule has 0 amide bonds. The fourth-order valence-corrected chi connectivity index (χ4v) is 2.11. The van der Waals surface area contributed by atoms with E-state index in [4.69, 9.17) is 4.74 Å². The van der Waals surface area contributed by atoms with Gasteiger partial charge in [0.2, 0.25) is 0 Å². The third-order valence-corrected chi connectivity index (χ3v) is 3.33. The Morgan fingerprint density at radius 1 is 1.20 bits per heavy atom. The predicted octanol–water partition coefficient (Wildman–Crippen LogP) is 2.06. The number of carbonyl (C=O) groups excluding carboxylic acids is 1. The molecule has 110 valence electrons. The summed E-state index contributed by atoms with van der Waals surface area (Å²) in [6, 6.07) is 5.92. The van der Waals surface area contributed by atoms with Crippen LogP contribution >= 0.6 is 0 Å². The molecule has 0 saturated heterocycles. The van der Waals surface area contributed by atoms with Crippen LogP contribution in [0.15, 0.2) is 24.3 Å². The van der Waals surface area contributed by atoms with Gasteiger partial charge in [-0.05, 0) is 37.4 Å².